The SMILES string of the molecule is Cc1ccc(/C=N\n2c(CCc3ccccc3)n[nH]c2=S)cc1. The van der Waals surface area contributed by atoms with Crippen LogP contribution in [0.5, 0.6) is 0 Å². The molecule has 0 fully saturated rings. The molecule has 0 aliphatic heterocycles. The van der Waals surface area contributed by atoms with Gasteiger partial charge in [0.05, 0.1) is 6.21 Å². The summed E-state index contributed by atoms with van der Waals surface area (Å²) in [5.41, 5.74) is 3.54. The minimum absolute atomic E-state index is 0.511. The van der Waals surface area contributed by atoms with Gasteiger partial charge in [-0.05, 0) is 36.7 Å². The van der Waals surface area contributed by atoms with Crippen LogP contribution in [0.2, 0.25) is 0 Å². The van der Waals surface area contributed by atoms with Gasteiger partial charge >= 0.3 is 0 Å². The highest BCUT2D eigenvalue weighted by Crippen LogP contribution is 2.07. The van der Waals surface area contributed by atoms with Crippen LogP contribution < -0.4 is 0 Å². The molecule has 0 saturated carbocycles. The van der Waals surface area contributed by atoms with E-state index in [0.29, 0.717) is 4.77 Å². The van der Waals surface area contributed by atoms with E-state index in [1.54, 1.807) is 10.9 Å². The van der Waals surface area contributed by atoms with Crippen LogP contribution in [0.15, 0.2) is 59.7 Å². The lowest BCUT2D eigenvalue weighted by atomic mass is 10.1. The average molecular weight is 322 g/mol. The molecule has 2 aromatic carbocycles. The van der Waals surface area contributed by atoms with Gasteiger partial charge in [0, 0.05) is 6.42 Å². The molecule has 23 heavy (non-hydrogen) atoms. The molecule has 116 valence electrons. The zero-order valence-corrected chi connectivity index (χ0v) is 13.8. The zero-order chi connectivity index (χ0) is 16.1. The lowest BCUT2D eigenvalue weighted by molar-refractivity contribution is 0.750. The molecule has 0 aliphatic rings. The van der Waals surface area contributed by atoms with Crippen molar-refractivity contribution in [3.05, 3.63) is 81.9 Å². The Balaban J connectivity index is 1.76. The first-order chi connectivity index (χ1) is 11.2. The van der Waals surface area contributed by atoms with E-state index in [0.717, 1.165) is 24.2 Å². The highest BCUT2D eigenvalue weighted by atomic mass is 32.1. The standard InChI is InChI=1S/C18H18N4S/c1-14-7-9-16(10-8-14)13-19-22-17(20-21-18(22)23)12-11-15-5-3-2-4-6-15/h2-10,13H,11-12H2,1H3,(H,21,23)/b19-13-. The predicted molar refractivity (Wildman–Crippen MR) is 95.4 cm³/mol. The Kier molecular flexibility index (Phi) is 4.78. The number of H-pyrrole nitrogens is 1. The topological polar surface area (TPSA) is 46.0 Å². The lowest BCUT2D eigenvalue weighted by Gasteiger charge is -2.02. The molecule has 3 aromatic rings. The summed E-state index contributed by atoms with van der Waals surface area (Å²) in [7, 11) is 0. The van der Waals surface area contributed by atoms with Gasteiger partial charge in [-0.25, -0.2) is 0 Å². The third-order valence-electron chi connectivity index (χ3n) is 3.60. The summed E-state index contributed by atoms with van der Waals surface area (Å²) in [5, 5.41) is 11.6. The fraction of sp³-hybridized carbons (Fsp3) is 0.167. The third kappa shape index (κ3) is 4.02. The number of aromatic nitrogens is 3. The first kappa shape index (κ1) is 15.4. The smallest absolute Gasteiger partial charge is 0.216 e. The first-order valence-electron chi connectivity index (χ1n) is 7.53. The Morgan fingerprint density at radius 3 is 2.57 bits per heavy atom. The number of benzene rings is 2. The Hall–Kier alpha value is -2.53. The van der Waals surface area contributed by atoms with E-state index in [4.69, 9.17) is 12.2 Å². The van der Waals surface area contributed by atoms with Gasteiger partial charge in [0.15, 0.2) is 5.82 Å². The Morgan fingerprint density at radius 2 is 1.83 bits per heavy atom. The van der Waals surface area contributed by atoms with Crippen LogP contribution in [0.4, 0.5) is 0 Å². The monoisotopic (exact) mass is 322 g/mol. The second-order valence-corrected chi connectivity index (χ2v) is 5.78. The van der Waals surface area contributed by atoms with E-state index in [2.05, 4.69) is 46.5 Å². The van der Waals surface area contributed by atoms with Gasteiger partial charge in [-0.3, -0.25) is 5.10 Å². The number of nitrogens with zero attached hydrogens (tertiary/aromatic N) is 3. The number of hydrogen-bond acceptors (Lipinski definition) is 3. The maximum Gasteiger partial charge on any atom is 0.216 e. The number of nitrogens with one attached hydrogen (secondary N) is 1. The molecule has 0 saturated heterocycles. The molecule has 0 spiro atoms. The molecule has 4 nitrogen and oxygen atoms in total. The van der Waals surface area contributed by atoms with Crippen molar-refractivity contribution in [2.45, 2.75) is 19.8 Å². The summed E-state index contributed by atoms with van der Waals surface area (Å²) in [6.45, 7) is 2.06. The van der Waals surface area contributed by atoms with Gasteiger partial charge in [-0.15, -0.1) is 0 Å². The van der Waals surface area contributed by atoms with E-state index < -0.39 is 0 Å². The summed E-state index contributed by atoms with van der Waals surface area (Å²) in [5.74, 6) is 0.835. The average Bonchev–Trinajstić information content (AvgIpc) is 2.93. The van der Waals surface area contributed by atoms with Crippen LogP contribution in [0, 0.1) is 11.7 Å². The molecule has 5 heteroatoms. The van der Waals surface area contributed by atoms with E-state index >= 15 is 0 Å². The molecule has 1 aromatic heterocycles. The quantitative estimate of drug-likeness (QED) is 0.572. The van der Waals surface area contributed by atoms with E-state index in [1.165, 1.54) is 11.1 Å². The van der Waals surface area contributed by atoms with Gasteiger partial charge in [0.1, 0.15) is 0 Å². The van der Waals surface area contributed by atoms with E-state index in [1.807, 2.05) is 30.3 Å². The van der Waals surface area contributed by atoms with Crippen LogP contribution in [0.3, 0.4) is 0 Å². The number of hydrogen-bond donors (Lipinski definition) is 1. The minimum Gasteiger partial charge on any atom is -0.250 e. The van der Waals surface area contributed by atoms with Crippen LogP contribution in [-0.2, 0) is 12.8 Å². The van der Waals surface area contributed by atoms with E-state index in [-0.39, 0.29) is 0 Å². The van der Waals surface area contributed by atoms with E-state index in [9.17, 15) is 0 Å². The summed E-state index contributed by atoms with van der Waals surface area (Å²) in [6.07, 6.45) is 3.49. The van der Waals surface area contributed by atoms with Gasteiger partial charge in [0.25, 0.3) is 0 Å². The fourth-order valence-corrected chi connectivity index (χ4v) is 2.48. The normalized spacial score (nSPS) is 11.2. The molecule has 0 aliphatic carbocycles. The van der Waals surface area contributed by atoms with Gasteiger partial charge < -0.3 is 0 Å². The van der Waals surface area contributed by atoms with Crippen molar-refractivity contribution in [1.82, 2.24) is 14.9 Å². The molecule has 1 N–H and O–H groups in total. The molecule has 0 radical (unpaired) electrons. The number of rotatable bonds is 5. The summed E-state index contributed by atoms with van der Waals surface area (Å²) < 4.78 is 2.20. The van der Waals surface area contributed by atoms with Crippen LogP contribution in [0.1, 0.15) is 22.5 Å². The molecule has 3 rings (SSSR count). The predicted octanol–water partition coefficient (Wildman–Crippen LogP) is 3.92. The third-order valence-corrected chi connectivity index (χ3v) is 3.86. The highest BCUT2D eigenvalue weighted by Gasteiger charge is 2.05. The van der Waals surface area contributed by atoms with Crippen LogP contribution in [0.25, 0.3) is 0 Å². The Morgan fingerprint density at radius 1 is 1.09 bits per heavy atom. The van der Waals surface area contributed by atoms with Crippen molar-refractivity contribution in [2.24, 2.45) is 5.10 Å². The number of aryl methyl sites for hydroxylation is 3. The van der Waals surface area contributed by atoms with Crippen molar-refractivity contribution in [3.8, 4) is 0 Å². The molecule has 0 atom stereocenters. The molecule has 1 heterocycles. The van der Waals surface area contributed by atoms with Crippen molar-refractivity contribution in [2.75, 3.05) is 0 Å². The highest BCUT2D eigenvalue weighted by molar-refractivity contribution is 7.71. The second-order valence-electron chi connectivity index (χ2n) is 5.40. The second kappa shape index (κ2) is 7.15. The fourth-order valence-electron chi connectivity index (χ4n) is 2.28. The van der Waals surface area contributed by atoms with Crippen molar-refractivity contribution >= 4 is 18.4 Å². The van der Waals surface area contributed by atoms with Crippen molar-refractivity contribution in [1.29, 1.82) is 0 Å². The Labute approximate surface area is 140 Å². The summed E-state index contributed by atoms with van der Waals surface area (Å²) in [4.78, 5) is 0. The minimum atomic E-state index is 0.511. The molecule has 0 amide bonds. The zero-order valence-electron chi connectivity index (χ0n) is 12.9. The van der Waals surface area contributed by atoms with Crippen LogP contribution in [-0.4, -0.2) is 21.1 Å². The first-order valence-corrected chi connectivity index (χ1v) is 7.94. The largest absolute Gasteiger partial charge is 0.250 e. The van der Waals surface area contributed by atoms with Gasteiger partial charge in [0.2, 0.25) is 4.77 Å². The maximum atomic E-state index is 5.27. The number of aromatic amines is 1. The molecular formula is C18H18N4S. The van der Waals surface area contributed by atoms with Crippen molar-refractivity contribution < 1.29 is 0 Å². The summed E-state index contributed by atoms with van der Waals surface area (Å²) >= 11 is 5.27. The van der Waals surface area contributed by atoms with Gasteiger partial charge in [-0.2, -0.15) is 14.9 Å². The van der Waals surface area contributed by atoms with Crippen LogP contribution >= 0.6 is 12.2 Å². The summed E-state index contributed by atoms with van der Waals surface area (Å²) in [6, 6.07) is 18.5. The molecule has 0 unspecified atom stereocenters. The maximum absolute atomic E-state index is 5.27. The molecule has 0 bridgehead atoms. The lowest BCUT2D eigenvalue weighted by Crippen LogP contribution is -2.01. The van der Waals surface area contributed by atoms with Crippen molar-refractivity contribution in [3.63, 3.8) is 0 Å². The molecular weight excluding hydrogens is 304 g/mol. The Bertz CT molecular complexity index is 845. The van der Waals surface area contributed by atoms with Gasteiger partial charge in [-0.1, -0.05) is 60.2 Å².